The van der Waals surface area contributed by atoms with Gasteiger partial charge in [-0.2, -0.15) is 0 Å². The molecule has 2 aromatic heterocycles. The van der Waals surface area contributed by atoms with Gasteiger partial charge >= 0.3 is 0 Å². The molecule has 0 unspecified atom stereocenters. The maximum Gasteiger partial charge on any atom is 0.272 e. The number of hydrogen-bond donors (Lipinski definition) is 1. The Balaban J connectivity index is 1.80. The SMILES string of the molecule is O=C1NCC[C@@]1(c1ccc([N+](=O)[O-])cc1F)N(Cl)S(=O)(=O)c1ccc(-c2cccs2)s1. The fourth-order valence-electron chi connectivity index (χ4n) is 3.38. The van der Waals surface area contributed by atoms with E-state index in [1.807, 2.05) is 17.5 Å². The fraction of sp³-hybridized carbons (Fsp3) is 0.167. The molecule has 1 amide bonds. The highest BCUT2D eigenvalue weighted by molar-refractivity contribution is 7.92. The van der Waals surface area contributed by atoms with Crippen LogP contribution in [0.15, 0.2) is 52.1 Å². The molecule has 4 rings (SSSR count). The second-order valence-corrected chi connectivity index (χ2v) is 11.2. The molecule has 1 aromatic carbocycles. The first-order valence-corrected chi connectivity index (χ1v) is 12.2. The van der Waals surface area contributed by atoms with Crippen LogP contribution in [-0.4, -0.2) is 29.6 Å². The number of amides is 1. The normalized spacial score (nSPS) is 19.0. The number of rotatable bonds is 6. The van der Waals surface area contributed by atoms with Crippen LogP contribution < -0.4 is 5.32 Å². The van der Waals surface area contributed by atoms with Gasteiger partial charge in [-0.15, -0.1) is 22.7 Å². The Hall–Kier alpha value is -2.38. The van der Waals surface area contributed by atoms with Gasteiger partial charge in [0.25, 0.3) is 15.7 Å². The van der Waals surface area contributed by atoms with Crippen molar-refractivity contribution < 1.29 is 22.5 Å². The number of carbonyl (C=O) groups is 1. The molecule has 1 atom stereocenters. The second kappa shape index (κ2) is 7.95. The van der Waals surface area contributed by atoms with Crippen LogP contribution in [0.1, 0.15) is 12.0 Å². The molecule has 3 heterocycles. The first kappa shape index (κ1) is 21.8. The third kappa shape index (κ3) is 3.53. The Bertz CT molecular complexity index is 1280. The molecule has 3 aromatic rings. The molecule has 0 bridgehead atoms. The Morgan fingerprint density at radius 3 is 2.58 bits per heavy atom. The van der Waals surface area contributed by atoms with Crippen molar-refractivity contribution in [2.45, 2.75) is 16.2 Å². The molecule has 1 fully saturated rings. The van der Waals surface area contributed by atoms with Crippen LogP contribution in [0.2, 0.25) is 0 Å². The van der Waals surface area contributed by atoms with E-state index in [-0.39, 0.29) is 22.7 Å². The summed E-state index contributed by atoms with van der Waals surface area (Å²) in [6, 6.07) is 9.33. The molecule has 1 aliphatic heterocycles. The summed E-state index contributed by atoms with van der Waals surface area (Å²) < 4.78 is 41.7. The van der Waals surface area contributed by atoms with Gasteiger partial charge in [-0.3, -0.25) is 14.9 Å². The number of carbonyl (C=O) groups excluding carboxylic acids is 1. The van der Waals surface area contributed by atoms with Gasteiger partial charge in [0.15, 0.2) is 5.54 Å². The molecule has 13 heteroatoms. The maximum absolute atomic E-state index is 14.9. The Kier molecular flexibility index (Phi) is 5.60. The predicted octanol–water partition coefficient (Wildman–Crippen LogP) is 4.08. The number of non-ortho nitro benzene ring substituents is 1. The number of nitrogens with one attached hydrogen (secondary N) is 1. The number of sulfonamides is 1. The van der Waals surface area contributed by atoms with Crippen LogP contribution in [-0.2, 0) is 20.4 Å². The van der Waals surface area contributed by atoms with E-state index in [0.717, 1.165) is 28.3 Å². The van der Waals surface area contributed by atoms with Crippen molar-refractivity contribution in [1.29, 1.82) is 0 Å². The summed E-state index contributed by atoms with van der Waals surface area (Å²) in [7, 11) is -4.41. The molecule has 162 valence electrons. The van der Waals surface area contributed by atoms with E-state index < -0.39 is 37.9 Å². The largest absolute Gasteiger partial charge is 0.354 e. The van der Waals surface area contributed by atoms with Gasteiger partial charge in [-0.05, 0) is 47.8 Å². The van der Waals surface area contributed by atoms with E-state index in [1.165, 1.54) is 17.4 Å². The predicted molar refractivity (Wildman–Crippen MR) is 115 cm³/mol. The van der Waals surface area contributed by atoms with Gasteiger partial charge in [-0.25, -0.2) is 12.8 Å². The van der Waals surface area contributed by atoms with Crippen LogP contribution in [0.4, 0.5) is 10.1 Å². The van der Waals surface area contributed by atoms with E-state index in [9.17, 15) is 27.7 Å². The van der Waals surface area contributed by atoms with Crippen LogP contribution in [0, 0.1) is 15.9 Å². The second-order valence-electron chi connectivity index (χ2n) is 6.60. The number of halogens is 2. The van der Waals surface area contributed by atoms with Crippen LogP contribution in [0.25, 0.3) is 9.75 Å². The average molecular weight is 502 g/mol. The van der Waals surface area contributed by atoms with Crippen molar-refractivity contribution in [2.24, 2.45) is 0 Å². The topological polar surface area (TPSA) is 110 Å². The molecule has 8 nitrogen and oxygen atoms in total. The van der Waals surface area contributed by atoms with Gasteiger partial charge in [-0.1, -0.05) is 9.89 Å². The van der Waals surface area contributed by atoms with E-state index in [1.54, 1.807) is 6.07 Å². The van der Waals surface area contributed by atoms with E-state index in [2.05, 4.69) is 5.32 Å². The van der Waals surface area contributed by atoms with E-state index in [0.29, 0.717) is 14.8 Å². The lowest BCUT2D eigenvalue weighted by Crippen LogP contribution is -2.49. The standard InChI is InChI=1S/C18H13ClFN3O5S3/c19-23(31(27,28)16-6-5-15(30-16)14-2-1-9-29-14)18(7-8-21-17(18)24)12-4-3-11(22(25)26)10-13(12)20/h1-6,9-10H,7-8H2,(H,21,24)/t18-/m0/s1. The Labute approximate surface area is 189 Å². The van der Waals surface area contributed by atoms with Gasteiger partial charge in [0.1, 0.15) is 10.0 Å². The lowest BCUT2D eigenvalue weighted by molar-refractivity contribution is -0.385. The van der Waals surface area contributed by atoms with Gasteiger partial charge in [0.2, 0.25) is 5.91 Å². The summed E-state index contributed by atoms with van der Waals surface area (Å²) in [5.74, 6) is -1.91. The summed E-state index contributed by atoms with van der Waals surface area (Å²) >= 11 is 8.71. The molecule has 1 aliphatic rings. The highest BCUT2D eigenvalue weighted by Gasteiger charge is 2.55. The van der Waals surface area contributed by atoms with E-state index >= 15 is 0 Å². The van der Waals surface area contributed by atoms with Crippen molar-refractivity contribution in [3.05, 3.63) is 69.3 Å². The molecule has 0 spiro atoms. The fourth-order valence-corrected chi connectivity index (χ4v) is 7.55. The zero-order valence-electron chi connectivity index (χ0n) is 15.4. The average Bonchev–Trinajstić information content (AvgIpc) is 3.48. The lowest BCUT2D eigenvalue weighted by Gasteiger charge is -2.32. The van der Waals surface area contributed by atoms with E-state index in [4.69, 9.17) is 11.8 Å². The molecule has 0 aliphatic carbocycles. The third-order valence-electron chi connectivity index (χ3n) is 4.87. The summed E-state index contributed by atoms with van der Waals surface area (Å²) in [6.45, 7) is 0.0545. The summed E-state index contributed by atoms with van der Waals surface area (Å²) in [5, 5.41) is 15.3. The first-order valence-electron chi connectivity index (χ1n) is 8.75. The summed E-state index contributed by atoms with van der Waals surface area (Å²) in [6.07, 6.45) is -0.146. The Morgan fingerprint density at radius 2 is 2.00 bits per heavy atom. The summed E-state index contributed by atoms with van der Waals surface area (Å²) in [4.78, 5) is 24.5. The van der Waals surface area contributed by atoms with Crippen molar-refractivity contribution in [2.75, 3.05) is 6.54 Å². The third-order valence-corrected chi connectivity index (χ3v) is 9.91. The molecule has 1 saturated heterocycles. The zero-order chi connectivity index (χ0) is 22.4. The van der Waals surface area contributed by atoms with Gasteiger partial charge < -0.3 is 5.32 Å². The highest BCUT2D eigenvalue weighted by Crippen LogP contribution is 2.44. The quantitative estimate of drug-likeness (QED) is 0.311. The Morgan fingerprint density at radius 1 is 1.23 bits per heavy atom. The number of nitro groups is 1. The monoisotopic (exact) mass is 501 g/mol. The summed E-state index contributed by atoms with van der Waals surface area (Å²) in [5.41, 5.74) is -2.98. The number of thiophene rings is 2. The molecule has 1 N–H and O–H groups in total. The molecule has 31 heavy (non-hydrogen) atoms. The molecular formula is C18H13ClFN3O5S3. The number of nitrogens with zero attached hydrogens (tertiary/aromatic N) is 2. The van der Waals surface area contributed by atoms with Crippen molar-refractivity contribution >= 4 is 56.1 Å². The number of nitro benzene ring substituents is 1. The highest BCUT2D eigenvalue weighted by atomic mass is 35.5. The maximum atomic E-state index is 14.9. The van der Waals surface area contributed by atoms with Crippen molar-refractivity contribution in [3.63, 3.8) is 0 Å². The number of benzene rings is 1. The minimum Gasteiger partial charge on any atom is -0.354 e. The van der Waals surface area contributed by atoms with Crippen molar-refractivity contribution in [1.82, 2.24) is 9.14 Å². The number of hydrogen-bond acceptors (Lipinski definition) is 7. The van der Waals surface area contributed by atoms with Crippen LogP contribution in [0.3, 0.4) is 0 Å². The zero-order valence-corrected chi connectivity index (χ0v) is 18.7. The molecule has 0 saturated carbocycles. The van der Waals surface area contributed by atoms with Crippen LogP contribution >= 0.6 is 34.5 Å². The minimum atomic E-state index is -4.41. The minimum absolute atomic E-state index is 0.0545. The smallest absolute Gasteiger partial charge is 0.272 e. The molecular weight excluding hydrogens is 489 g/mol. The van der Waals surface area contributed by atoms with Crippen molar-refractivity contribution in [3.8, 4) is 9.75 Å². The first-order chi connectivity index (χ1) is 14.7. The van der Waals surface area contributed by atoms with Gasteiger partial charge in [0.05, 0.1) is 11.0 Å². The van der Waals surface area contributed by atoms with Crippen LogP contribution in [0.5, 0.6) is 0 Å². The molecule has 0 radical (unpaired) electrons. The van der Waals surface area contributed by atoms with Gasteiger partial charge in [0, 0.05) is 27.9 Å². The lowest BCUT2D eigenvalue weighted by atomic mass is 9.89.